The Bertz CT molecular complexity index is 871. The highest BCUT2D eigenvalue weighted by Crippen LogP contribution is 2.11. The van der Waals surface area contributed by atoms with Crippen LogP contribution < -0.4 is 15.4 Å². The summed E-state index contributed by atoms with van der Waals surface area (Å²) in [6, 6.07) is 11.9. The zero-order valence-electron chi connectivity index (χ0n) is 17.0. The zero-order valence-corrected chi connectivity index (χ0v) is 17.0. The number of aromatic nitrogens is 3. The van der Waals surface area contributed by atoms with Crippen molar-refractivity contribution < 1.29 is 9.15 Å². The number of ether oxygens (including phenoxy) is 1. The number of benzene rings is 1. The molecule has 0 bridgehead atoms. The number of nitrogens with zero attached hydrogens (tertiary/aromatic N) is 4. The molecule has 0 aliphatic heterocycles. The van der Waals surface area contributed by atoms with E-state index in [1.165, 1.54) is 5.56 Å². The first-order valence-corrected chi connectivity index (χ1v) is 9.82. The molecule has 29 heavy (non-hydrogen) atoms. The van der Waals surface area contributed by atoms with Gasteiger partial charge in [-0.25, -0.2) is 4.99 Å². The van der Waals surface area contributed by atoms with Crippen LogP contribution in [0.3, 0.4) is 0 Å². The molecule has 2 aromatic heterocycles. The summed E-state index contributed by atoms with van der Waals surface area (Å²) in [5, 5.41) is 14.9. The maximum atomic E-state index is 5.38. The van der Waals surface area contributed by atoms with Gasteiger partial charge in [0.05, 0.1) is 13.4 Å². The van der Waals surface area contributed by atoms with Crippen molar-refractivity contribution in [2.45, 2.75) is 32.9 Å². The van der Waals surface area contributed by atoms with Gasteiger partial charge in [0, 0.05) is 26.1 Å². The van der Waals surface area contributed by atoms with Crippen molar-refractivity contribution in [1.82, 2.24) is 25.4 Å². The van der Waals surface area contributed by atoms with Crippen molar-refractivity contribution in [2.24, 2.45) is 4.99 Å². The van der Waals surface area contributed by atoms with Gasteiger partial charge in [-0.1, -0.05) is 19.1 Å². The molecule has 0 saturated carbocycles. The molecule has 1 aromatic carbocycles. The lowest BCUT2D eigenvalue weighted by molar-refractivity contribution is 0.414. The molecule has 0 atom stereocenters. The van der Waals surface area contributed by atoms with Gasteiger partial charge in [0.15, 0.2) is 5.96 Å². The minimum Gasteiger partial charge on any atom is -0.497 e. The molecule has 2 N–H and O–H groups in total. The Balaban J connectivity index is 1.52. The molecule has 0 unspecified atom stereocenters. The van der Waals surface area contributed by atoms with E-state index in [9.17, 15) is 0 Å². The summed E-state index contributed by atoms with van der Waals surface area (Å²) >= 11 is 0. The minimum atomic E-state index is 0.484. The summed E-state index contributed by atoms with van der Waals surface area (Å²) in [6.45, 7) is 4.82. The van der Waals surface area contributed by atoms with Crippen LogP contribution in [0.15, 0.2) is 58.4 Å². The van der Waals surface area contributed by atoms with Crippen LogP contribution in [0.5, 0.6) is 5.75 Å². The van der Waals surface area contributed by atoms with Crippen LogP contribution in [-0.4, -0.2) is 40.9 Å². The second kappa shape index (κ2) is 10.9. The topological polar surface area (TPSA) is 89.5 Å². The predicted octanol–water partition coefficient (Wildman–Crippen LogP) is 2.42. The van der Waals surface area contributed by atoms with Crippen LogP contribution in [0.25, 0.3) is 0 Å². The second-order valence-electron chi connectivity index (χ2n) is 6.49. The highest BCUT2D eigenvalue weighted by atomic mass is 16.5. The van der Waals surface area contributed by atoms with Crippen molar-refractivity contribution in [3.63, 3.8) is 0 Å². The normalized spacial score (nSPS) is 11.4. The molecule has 0 saturated heterocycles. The molecule has 8 heteroatoms. The summed E-state index contributed by atoms with van der Waals surface area (Å²) in [6.07, 6.45) is 5.17. The van der Waals surface area contributed by atoms with Crippen molar-refractivity contribution in [3.8, 4) is 5.75 Å². The Morgan fingerprint density at radius 1 is 1.17 bits per heavy atom. The van der Waals surface area contributed by atoms with Gasteiger partial charge < -0.3 is 24.4 Å². The zero-order chi connectivity index (χ0) is 20.3. The molecule has 0 fully saturated rings. The highest BCUT2D eigenvalue weighted by Gasteiger charge is 2.04. The lowest BCUT2D eigenvalue weighted by Gasteiger charge is -2.13. The van der Waals surface area contributed by atoms with Gasteiger partial charge in [-0.3, -0.25) is 0 Å². The Hall–Kier alpha value is -3.29. The molecule has 3 aromatic rings. The van der Waals surface area contributed by atoms with Gasteiger partial charge in [-0.2, -0.15) is 0 Å². The number of nitrogens with one attached hydrogen (secondary N) is 2. The number of hydrogen-bond acceptors (Lipinski definition) is 5. The lowest BCUT2D eigenvalue weighted by atomic mass is 10.1. The van der Waals surface area contributed by atoms with E-state index in [1.54, 1.807) is 19.7 Å². The maximum absolute atomic E-state index is 5.38. The third kappa shape index (κ3) is 6.38. The van der Waals surface area contributed by atoms with Crippen LogP contribution in [0.1, 0.15) is 24.1 Å². The third-order valence-corrected chi connectivity index (χ3v) is 4.50. The SMILES string of the molecule is CCc1nncn1CCNC(=NCc1ccco1)NCCc1ccc(OC)cc1. The number of guanidine groups is 1. The van der Waals surface area contributed by atoms with Crippen LogP contribution in [0.2, 0.25) is 0 Å². The molecule has 0 aliphatic carbocycles. The standard InChI is InChI=1S/C21H28N6O2/c1-3-20-26-25-16-27(20)13-12-23-21(24-15-19-5-4-14-29-19)22-11-10-17-6-8-18(28-2)9-7-17/h4-9,14,16H,3,10-13,15H2,1-2H3,(H2,22,23,24). The molecular weight excluding hydrogens is 368 g/mol. The fourth-order valence-electron chi connectivity index (χ4n) is 2.89. The molecular formula is C21H28N6O2. The van der Waals surface area contributed by atoms with E-state index >= 15 is 0 Å². The molecule has 0 radical (unpaired) electrons. The van der Waals surface area contributed by atoms with Crippen molar-refractivity contribution in [1.29, 1.82) is 0 Å². The van der Waals surface area contributed by atoms with Gasteiger partial charge in [0.2, 0.25) is 0 Å². The molecule has 0 aliphatic rings. The van der Waals surface area contributed by atoms with Crippen LogP contribution in [-0.2, 0) is 25.9 Å². The molecule has 8 nitrogen and oxygen atoms in total. The van der Waals surface area contributed by atoms with E-state index in [-0.39, 0.29) is 0 Å². The minimum absolute atomic E-state index is 0.484. The van der Waals surface area contributed by atoms with E-state index in [1.807, 2.05) is 24.3 Å². The monoisotopic (exact) mass is 396 g/mol. The average molecular weight is 396 g/mol. The Morgan fingerprint density at radius 2 is 2.00 bits per heavy atom. The smallest absolute Gasteiger partial charge is 0.191 e. The Labute approximate surface area is 171 Å². The largest absolute Gasteiger partial charge is 0.497 e. The summed E-state index contributed by atoms with van der Waals surface area (Å²) < 4.78 is 12.6. The predicted molar refractivity (Wildman–Crippen MR) is 112 cm³/mol. The van der Waals surface area contributed by atoms with Crippen molar-refractivity contribution >= 4 is 5.96 Å². The molecule has 2 heterocycles. The first-order valence-electron chi connectivity index (χ1n) is 9.82. The first kappa shape index (κ1) is 20.4. The van der Waals surface area contributed by atoms with Gasteiger partial charge in [0.1, 0.15) is 30.2 Å². The van der Waals surface area contributed by atoms with Crippen LogP contribution in [0.4, 0.5) is 0 Å². The summed E-state index contributed by atoms with van der Waals surface area (Å²) in [5.74, 6) is 3.42. The maximum Gasteiger partial charge on any atom is 0.191 e. The lowest BCUT2D eigenvalue weighted by Crippen LogP contribution is -2.40. The molecule has 154 valence electrons. The number of methoxy groups -OCH3 is 1. The summed E-state index contributed by atoms with van der Waals surface area (Å²) in [5.41, 5.74) is 1.24. The van der Waals surface area contributed by atoms with Gasteiger partial charge >= 0.3 is 0 Å². The van der Waals surface area contributed by atoms with E-state index in [0.29, 0.717) is 6.54 Å². The molecule has 0 amide bonds. The number of furan rings is 1. The van der Waals surface area contributed by atoms with Gasteiger partial charge in [-0.15, -0.1) is 10.2 Å². The molecule has 0 spiro atoms. The third-order valence-electron chi connectivity index (χ3n) is 4.50. The van der Waals surface area contributed by atoms with Gasteiger partial charge in [0.25, 0.3) is 0 Å². The number of rotatable bonds is 10. The summed E-state index contributed by atoms with van der Waals surface area (Å²) in [7, 11) is 1.67. The quantitative estimate of drug-likeness (QED) is 0.404. The van der Waals surface area contributed by atoms with Crippen LogP contribution in [0, 0.1) is 0 Å². The van der Waals surface area contributed by atoms with E-state index in [4.69, 9.17) is 9.15 Å². The number of aliphatic imine (C=N–C) groups is 1. The number of aryl methyl sites for hydroxylation is 1. The van der Waals surface area contributed by atoms with E-state index < -0.39 is 0 Å². The fraction of sp³-hybridized carbons (Fsp3) is 0.381. The van der Waals surface area contributed by atoms with Crippen LogP contribution >= 0.6 is 0 Å². The first-order chi connectivity index (χ1) is 14.3. The van der Waals surface area contributed by atoms with Crippen molar-refractivity contribution in [2.75, 3.05) is 20.2 Å². The Morgan fingerprint density at radius 3 is 2.72 bits per heavy atom. The second-order valence-corrected chi connectivity index (χ2v) is 6.49. The molecule has 3 rings (SSSR count). The van der Waals surface area contributed by atoms with E-state index in [2.05, 4.69) is 49.4 Å². The average Bonchev–Trinajstić information content (AvgIpc) is 3.44. The fourth-order valence-corrected chi connectivity index (χ4v) is 2.89. The van der Waals surface area contributed by atoms with E-state index in [0.717, 1.165) is 55.8 Å². The Kier molecular flexibility index (Phi) is 7.68. The highest BCUT2D eigenvalue weighted by molar-refractivity contribution is 5.79. The number of hydrogen-bond donors (Lipinski definition) is 2. The summed E-state index contributed by atoms with van der Waals surface area (Å²) in [4.78, 5) is 4.63. The van der Waals surface area contributed by atoms with Crippen molar-refractivity contribution in [3.05, 3.63) is 66.1 Å². The van der Waals surface area contributed by atoms with Gasteiger partial charge in [-0.05, 0) is 36.2 Å².